The van der Waals surface area contributed by atoms with E-state index in [1.807, 2.05) is 0 Å². The highest BCUT2D eigenvalue weighted by Crippen LogP contribution is 2.07. The normalized spacial score (nSPS) is 6.67. The minimum Gasteiger partial charge on any atom is -0.419 e. The predicted molar refractivity (Wildman–Crippen MR) is 56.0 cm³/mol. The Bertz CT molecular complexity index is 366. The Kier molecular flexibility index (Phi) is 6.74. The Labute approximate surface area is 88.6 Å². The van der Waals surface area contributed by atoms with Gasteiger partial charge in [0.15, 0.2) is 0 Å². The Morgan fingerprint density at radius 1 is 0.800 bits per heavy atom. The van der Waals surface area contributed by atoms with Crippen LogP contribution >= 0.6 is 0 Å². The third-order valence-corrected chi connectivity index (χ3v) is 0.973. The molecule has 3 nitrogen and oxygen atoms in total. The topological polar surface area (TPSA) is 27.7 Å². The minimum absolute atomic E-state index is 0.0326. The lowest BCUT2D eigenvalue weighted by Gasteiger charge is -2.05. The SMILES string of the molecule is C=C=COC(=C=C)OC(=C=C)OC=C=C. The molecule has 0 fully saturated rings. The summed E-state index contributed by atoms with van der Waals surface area (Å²) in [5.74, 6) is -0.0653. The molecule has 3 heteroatoms. The van der Waals surface area contributed by atoms with E-state index in [1.54, 1.807) is 0 Å². The number of hydrogen-bond donors (Lipinski definition) is 0. The molecule has 0 aromatic rings. The Morgan fingerprint density at radius 3 is 1.47 bits per heavy atom. The fourth-order valence-corrected chi connectivity index (χ4v) is 0.478. The first-order valence-corrected chi connectivity index (χ1v) is 3.78. The second-order valence-corrected chi connectivity index (χ2v) is 1.91. The molecular formula is C12H10O3. The average molecular weight is 202 g/mol. The first-order valence-electron chi connectivity index (χ1n) is 3.78. The standard InChI is InChI=1S/C12H10O3/c1-5-9-13-11(7-3)15-12(8-4)14-10-6-2/h9-10H,1-4H2. The molecular weight excluding hydrogens is 192 g/mol. The smallest absolute Gasteiger partial charge is 0.341 e. The molecule has 0 heterocycles. The third kappa shape index (κ3) is 5.68. The van der Waals surface area contributed by atoms with Crippen molar-refractivity contribution in [1.82, 2.24) is 0 Å². The van der Waals surface area contributed by atoms with Gasteiger partial charge in [-0.2, -0.15) is 0 Å². The molecule has 0 aliphatic carbocycles. The van der Waals surface area contributed by atoms with Crippen LogP contribution in [-0.2, 0) is 14.2 Å². The second kappa shape index (κ2) is 8.10. The minimum atomic E-state index is -0.0326. The zero-order valence-electron chi connectivity index (χ0n) is 8.21. The van der Waals surface area contributed by atoms with Crippen LogP contribution in [0.2, 0.25) is 0 Å². The molecule has 0 saturated heterocycles. The summed E-state index contributed by atoms with van der Waals surface area (Å²) in [7, 11) is 0. The van der Waals surface area contributed by atoms with Crippen LogP contribution in [0.1, 0.15) is 0 Å². The van der Waals surface area contributed by atoms with E-state index in [-0.39, 0.29) is 11.9 Å². The van der Waals surface area contributed by atoms with Crippen LogP contribution in [0, 0.1) is 0 Å². The van der Waals surface area contributed by atoms with Crippen molar-refractivity contribution in [2.75, 3.05) is 0 Å². The van der Waals surface area contributed by atoms with Crippen LogP contribution < -0.4 is 0 Å². The van der Waals surface area contributed by atoms with Crippen molar-refractivity contribution in [3.63, 3.8) is 0 Å². The molecule has 0 bridgehead atoms. The number of ether oxygens (including phenoxy) is 3. The summed E-state index contributed by atoms with van der Waals surface area (Å²) in [6, 6.07) is 0. The predicted octanol–water partition coefficient (Wildman–Crippen LogP) is 2.89. The van der Waals surface area contributed by atoms with E-state index in [4.69, 9.17) is 14.2 Å². The van der Waals surface area contributed by atoms with Gasteiger partial charge in [0.05, 0.1) is 0 Å². The van der Waals surface area contributed by atoms with Gasteiger partial charge in [-0.3, -0.25) is 0 Å². The van der Waals surface area contributed by atoms with E-state index in [0.717, 1.165) is 0 Å². The Balaban J connectivity index is 4.52. The molecule has 0 saturated carbocycles. The summed E-state index contributed by atoms with van der Waals surface area (Å²) < 4.78 is 14.7. The highest BCUT2D eigenvalue weighted by Gasteiger charge is 2.02. The molecule has 76 valence electrons. The monoisotopic (exact) mass is 202 g/mol. The summed E-state index contributed by atoms with van der Waals surface area (Å²) >= 11 is 0. The molecule has 0 unspecified atom stereocenters. The fourth-order valence-electron chi connectivity index (χ4n) is 0.478. The molecule has 0 radical (unpaired) electrons. The lowest BCUT2D eigenvalue weighted by molar-refractivity contribution is 0.0544. The van der Waals surface area contributed by atoms with Gasteiger partial charge >= 0.3 is 11.9 Å². The quantitative estimate of drug-likeness (QED) is 0.489. The van der Waals surface area contributed by atoms with Crippen molar-refractivity contribution >= 4 is 0 Å². The molecule has 0 aliphatic heterocycles. The average Bonchev–Trinajstić information content (AvgIpc) is 2.28. The first-order chi connectivity index (χ1) is 7.28. The molecule has 0 atom stereocenters. The van der Waals surface area contributed by atoms with Gasteiger partial charge in [-0.05, 0) is 24.6 Å². The summed E-state index contributed by atoms with van der Waals surface area (Å²) in [4.78, 5) is 0. The lowest BCUT2D eigenvalue weighted by Crippen LogP contribution is -1.94. The van der Waals surface area contributed by atoms with Crippen LogP contribution in [0.5, 0.6) is 0 Å². The highest BCUT2D eigenvalue weighted by atomic mass is 16.7. The van der Waals surface area contributed by atoms with Gasteiger partial charge in [0.2, 0.25) is 0 Å². The second-order valence-electron chi connectivity index (χ2n) is 1.91. The van der Waals surface area contributed by atoms with Crippen LogP contribution in [-0.4, -0.2) is 0 Å². The van der Waals surface area contributed by atoms with Crippen molar-refractivity contribution in [1.29, 1.82) is 0 Å². The van der Waals surface area contributed by atoms with Crippen LogP contribution in [0.3, 0.4) is 0 Å². The van der Waals surface area contributed by atoms with E-state index in [9.17, 15) is 0 Å². The van der Waals surface area contributed by atoms with Gasteiger partial charge in [0.25, 0.3) is 0 Å². The molecule has 0 amide bonds. The number of rotatable bonds is 6. The zero-order valence-corrected chi connectivity index (χ0v) is 8.21. The van der Waals surface area contributed by atoms with Gasteiger partial charge in [-0.1, -0.05) is 24.6 Å². The van der Waals surface area contributed by atoms with Crippen molar-refractivity contribution in [2.24, 2.45) is 0 Å². The number of hydrogen-bond acceptors (Lipinski definition) is 3. The van der Waals surface area contributed by atoms with Crippen molar-refractivity contribution < 1.29 is 14.2 Å². The molecule has 15 heavy (non-hydrogen) atoms. The summed E-state index contributed by atoms with van der Waals surface area (Å²) in [5, 5.41) is 0. The van der Waals surface area contributed by atoms with Crippen molar-refractivity contribution in [2.45, 2.75) is 0 Å². The zero-order chi connectivity index (χ0) is 11.5. The Hall–Kier alpha value is -2.52. The molecule has 0 spiro atoms. The van der Waals surface area contributed by atoms with E-state index < -0.39 is 0 Å². The summed E-state index contributed by atoms with van der Waals surface area (Å²) in [6.45, 7) is 13.3. The van der Waals surface area contributed by atoms with Gasteiger partial charge in [-0.15, -0.1) is 0 Å². The largest absolute Gasteiger partial charge is 0.419 e. The maximum absolute atomic E-state index is 5.00. The first kappa shape index (κ1) is 12.5. The fraction of sp³-hybridized carbons (Fsp3) is 0. The van der Waals surface area contributed by atoms with E-state index >= 15 is 0 Å². The van der Waals surface area contributed by atoms with Crippen LogP contribution in [0.25, 0.3) is 0 Å². The lowest BCUT2D eigenvalue weighted by atomic mass is 10.8. The molecule has 0 aliphatic rings. The van der Waals surface area contributed by atoms with Gasteiger partial charge in [-0.25, -0.2) is 0 Å². The summed E-state index contributed by atoms with van der Waals surface area (Å²) in [6.07, 6.45) is 2.36. The van der Waals surface area contributed by atoms with E-state index in [2.05, 4.69) is 49.2 Å². The van der Waals surface area contributed by atoms with Crippen LogP contribution in [0.4, 0.5) is 0 Å². The summed E-state index contributed by atoms with van der Waals surface area (Å²) in [5.41, 5.74) is 9.54. The molecule has 0 rings (SSSR count). The maximum Gasteiger partial charge on any atom is 0.341 e. The maximum atomic E-state index is 5.00. The van der Waals surface area contributed by atoms with Gasteiger partial charge in [0.1, 0.15) is 12.5 Å². The van der Waals surface area contributed by atoms with Crippen molar-refractivity contribution in [3.8, 4) is 0 Å². The molecule has 0 N–H and O–H groups in total. The Morgan fingerprint density at radius 2 is 1.20 bits per heavy atom. The molecule has 0 aromatic carbocycles. The highest BCUT2D eigenvalue weighted by molar-refractivity contribution is 4.91. The van der Waals surface area contributed by atoms with Gasteiger partial charge < -0.3 is 14.2 Å². The van der Waals surface area contributed by atoms with Gasteiger partial charge in [0, 0.05) is 0 Å². The van der Waals surface area contributed by atoms with E-state index in [1.165, 1.54) is 12.5 Å². The van der Waals surface area contributed by atoms with Crippen LogP contribution in [0.15, 0.2) is 73.7 Å². The van der Waals surface area contributed by atoms with Crippen molar-refractivity contribution in [3.05, 3.63) is 73.7 Å². The molecule has 0 aromatic heterocycles. The third-order valence-electron chi connectivity index (χ3n) is 0.973. The van der Waals surface area contributed by atoms with E-state index in [0.29, 0.717) is 0 Å².